The molecule has 132 valence electrons. The van der Waals surface area contributed by atoms with Gasteiger partial charge in [0.05, 0.1) is 17.5 Å². The lowest BCUT2D eigenvalue weighted by Gasteiger charge is -2.06. The number of hydrogen-bond acceptors (Lipinski definition) is 5. The predicted octanol–water partition coefficient (Wildman–Crippen LogP) is 2.82. The number of amides is 1. The summed E-state index contributed by atoms with van der Waals surface area (Å²) in [6, 6.07) is 14.5. The molecule has 3 rings (SSSR count). The molecule has 1 amide bonds. The van der Waals surface area contributed by atoms with Crippen molar-refractivity contribution in [2.45, 2.75) is 6.92 Å². The number of nitrogens with zero attached hydrogens (tertiary/aromatic N) is 3. The monoisotopic (exact) mass is 366 g/mol. The molecule has 0 atom stereocenters. The molecule has 0 radical (unpaired) electrons. The first kappa shape index (κ1) is 17.6. The van der Waals surface area contributed by atoms with Crippen LogP contribution in [0, 0.1) is 0 Å². The highest BCUT2D eigenvalue weighted by Crippen LogP contribution is 2.26. The van der Waals surface area contributed by atoms with Crippen LogP contribution in [0.2, 0.25) is 0 Å². The van der Waals surface area contributed by atoms with E-state index < -0.39 is 5.91 Å². The van der Waals surface area contributed by atoms with E-state index in [1.807, 2.05) is 42.6 Å². The third-order valence-electron chi connectivity index (χ3n) is 3.66. The van der Waals surface area contributed by atoms with Crippen molar-refractivity contribution in [3.8, 4) is 17.0 Å². The van der Waals surface area contributed by atoms with E-state index in [1.54, 1.807) is 23.0 Å². The number of hydrogen-bond donors (Lipinski definition) is 2. The van der Waals surface area contributed by atoms with Crippen molar-refractivity contribution < 1.29 is 9.90 Å². The minimum absolute atomic E-state index is 0.0706. The molecular formula is C19H18N4O2S. The van der Waals surface area contributed by atoms with E-state index in [4.69, 9.17) is 5.73 Å². The number of rotatable bonds is 5. The minimum Gasteiger partial charge on any atom is -0.507 e. The van der Waals surface area contributed by atoms with Crippen LogP contribution in [-0.4, -0.2) is 28.4 Å². The highest BCUT2D eigenvalue weighted by molar-refractivity contribution is 7.07. The zero-order valence-electron chi connectivity index (χ0n) is 14.2. The van der Waals surface area contributed by atoms with Gasteiger partial charge in [-0.25, -0.2) is 4.68 Å². The average molecular weight is 366 g/mol. The summed E-state index contributed by atoms with van der Waals surface area (Å²) in [5.74, 6) is -0.827. The van der Waals surface area contributed by atoms with Crippen LogP contribution in [0.4, 0.5) is 0 Å². The molecule has 0 aliphatic heterocycles. The molecule has 0 saturated heterocycles. The fraction of sp³-hybridized carbons (Fsp3) is 0.105. The van der Waals surface area contributed by atoms with Crippen LogP contribution in [0.3, 0.4) is 0 Å². The molecule has 0 bridgehead atoms. The molecule has 1 heterocycles. The van der Waals surface area contributed by atoms with E-state index in [0.29, 0.717) is 6.54 Å². The number of primary amides is 1. The van der Waals surface area contributed by atoms with Crippen molar-refractivity contribution in [1.29, 1.82) is 0 Å². The highest BCUT2D eigenvalue weighted by Gasteiger charge is 2.13. The van der Waals surface area contributed by atoms with Gasteiger partial charge in [-0.1, -0.05) is 30.3 Å². The Morgan fingerprint density at radius 2 is 2.04 bits per heavy atom. The lowest BCUT2D eigenvalue weighted by molar-refractivity contribution is 0.0998. The standard InChI is InChI=1S/C19H18N4O2S/c1-2-21-19-23(22-11-13-6-4-3-5-7-13)16(12-26-19)14-8-9-17(24)15(10-14)18(20)25/h3-12,24H,2H2,1H3,(H2,20,25)/b21-19?,22-11+. The number of carbonyl (C=O) groups is 1. The number of phenols is 1. The van der Waals surface area contributed by atoms with Gasteiger partial charge in [0, 0.05) is 17.5 Å². The SMILES string of the molecule is CCN=c1scc(-c2ccc(O)c(C(N)=O)c2)n1/N=C/c1ccccc1. The molecule has 2 aromatic carbocycles. The fourth-order valence-corrected chi connectivity index (χ4v) is 3.31. The van der Waals surface area contributed by atoms with Crippen LogP contribution in [0.25, 0.3) is 11.3 Å². The summed E-state index contributed by atoms with van der Waals surface area (Å²) < 4.78 is 1.72. The Morgan fingerprint density at radius 3 is 2.73 bits per heavy atom. The second-order valence-electron chi connectivity index (χ2n) is 5.44. The summed E-state index contributed by atoms with van der Waals surface area (Å²) in [6.45, 7) is 2.58. The first-order chi connectivity index (χ1) is 12.6. The predicted molar refractivity (Wildman–Crippen MR) is 103 cm³/mol. The van der Waals surface area contributed by atoms with Crippen molar-refractivity contribution in [2.24, 2.45) is 15.8 Å². The molecule has 0 aliphatic rings. The molecule has 3 N–H and O–H groups in total. The van der Waals surface area contributed by atoms with Crippen molar-refractivity contribution >= 4 is 23.5 Å². The van der Waals surface area contributed by atoms with Crippen LogP contribution < -0.4 is 10.5 Å². The topological polar surface area (TPSA) is 93.0 Å². The third kappa shape index (κ3) is 3.73. The molecular weight excluding hydrogens is 348 g/mol. The van der Waals surface area contributed by atoms with Crippen molar-refractivity contribution in [2.75, 3.05) is 6.54 Å². The van der Waals surface area contributed by atoms with E-state index in [0.717, 1.165) is 21.6 Å². The molecule has 3 aromatic rings. The average Bonchev–Trinajstić information content (AvgIpc) is 3.04. The fourth-order valence-electron chi connectivity index (χ4n) is 2.41. The van der Waals surface area contributed by atoms with Crippen LogP contribution in [-0.2, 0) is 0 Å². The molecule has 0 saturated carbocycles. The molecule has 0 fully saturated rings. The summed E-state index contributed by atoms with van der Waals surface area (Å²) in [6.07, 6.45) is 1.75. The van der Waals surface area contributed by atoms with Crippen molar-refractivity contribution in [1.82, 2.24) is 4.68 Å². The third-order valence-corrected chi connectivity index (χ3v) is 4.51. The van der Waals surface area contributed by atoms with E-state index >= 15 is 0 Å². The van der Waals surface area contributed by atoms with Gasteiger partial charge in [-0.05, 0) is 30.7 Å². The van der Waals surface area contributed by atoms with E-state index in [1.165, 1.54) is 17.4 Å². The van der Waals surface area contributed by atoms with Gasteiger partial charge in [-0.2, -0.15) is 5.10 Å². The van der Waals surface area contributed by atoms with Crippen molar-refractivity contribution in [3.05, 3.63) is 69.8 Å². The van der Waals surface area contributed by atoms with Gasteiger partial charge in [0.25, 0.3) is 5.91 Å². The van der Waals surface area contributed by atoms with Crippen LogP contribution in [0.1, 0.15) is 22.8 Å². The number of carbonyl (C=O) groups excluding carboxylic acids is 1. The maximum absolute atomic E-state index is 11.5. The van der Waals surface area contributed by atoms with Gasteiger partial charge in [0.1, 0.15) is 5.75 Å². The first-order valence-electron chi connectivity index (χ1n) is 8.03. The van der Waals surface area contributed by atoms with Gasteiger partial charge in [0.2, 0.25) is 4.80 Å². The summed E-state index contributed by atoms with van der Waals surface area (Å²) in [7, 11) is 0. The number of thiazole rings is 1. The Hall–Kier alpha value is -3.19. The minimum atomic E-state index is -0.683. The summed E-state index contributed by atoms with van der Waals surface area (Å²) in [5.41, 5.74) is 7.85. The Kier molecular flexibility index (Phi) is 5.28. The zero-order chi connectivity index (χ0) is 18.5. The molecule has 0 aliphatic carbocycles. The number of benzene rings is 2. The Balaban J connectivity index is 2.12. The van der Waals surface area contributed by atoms with Gasteiger partial charge in [-0.3, -0.25) is 9.79 Å². The van der Waals surface area contributed by atoms with Crippen LogP contribution in [0.15, 0.2) is 64.0 Å². The largest absolute Gasteiger partial charge is 0.507 e. The van der Waals surface area contributed by atoms with Gasteiger partial charge in [0.15, 0.2) is 0 Å². The Morgan fingerprint density at radius 1 is 1.27 bits per heavy atom. The summed E-state index contributed by atoms with van der Waals surface area (Å²) in [5, 5.41) is 16.3. The highest BCUT2D eigenvalue weighted by atomic mass is 32.1. The van der Waals surface area contributed by atoms with Crippen LogP contribution in [0.5, 0.6) is 5.75 Å². The first-order valence-corrected chi connectivity index (χ1v) is 8.91. The zero-order valence-corrected chi connectivity index (χ0v) is 15.0. The van der Waals surface area contributed by atoms with Gasteiger partial charge >= 0.3 is 0 Å². The maximum atomic E-state index is 11.5. The lowest BCUT2D eigenvalue weighted by Crippen LogP contribution is -2.13. The number of aromatic nitrogens is 1. The summed E-state index contributed by atoms with van der Waals surface area (Å²) in [4.78, 5) is 16.7. The van der Waals surface area contributed by atoms with Gasteiger partial charge < -0.3 is 10.8 Å². The van der Waals surface area contributed by atoms with Crippen molar-refractivity contribution in [3.63, 3.8) is 0 Å². The molecule has 0 spiro atoms. The second kappa shape index (κ2) is 7.79. The van der Waals surface area contributed by atoms with E-state index in [2.05, 4.69) is 10.1 Å². The number of nitrogens with two attached hydrogens (primary N) is 1. The van der Waals surface area contributed by atoms with Crippen LogP contribution >= 0.6 is 11.3 Å². The quantitative estimate of drug-likeness (QED) is 0.680. The molecule has 1 aromatic heterocycles. The lowest BCUT2D eigenvalue weighted by atomic mass is 10.1. The Labute approximate surface area is 154 Å². The maximum Gasteiger partial charge on any atom is 0.252 e. The normalized spacial score (nSPS) is 12.0. The van der Waals surface area contributed by atoms with Gasteiger partial charge in [-0.15, -0.1) is 11.3 Å². The molecule has 6 nitrogen and oxygen atoms in total. The van der Waals surface area contributed by atoms with E-state index in [-0.39, 0.29) is 11.3 Å². The number of aromatic hydroxyl groups is 1. The Bertz CT molecular complexity index is 1020. The molecule has 26 heavy (non-hydrogen) atoms. The summed E-state index contributed by atoms with van der Waals surface area (Å²) >= 11 is 1.45. The molecule has 7 heteroatoms. The second-order valence-corrected chi connectivity index (χ2v) is 6.28. The molecule has 0 unspecified atom stereocenters. The smallest absolute Gasteiger partial charge is 0.252 e. The van der Waals surface area contributed by atoms with E-state index in [9.17, 15) is 9.90 Å².